The number of aromatic nitrogens is 2. The van der Waals surface area contributed by atoms with Crippen molar-refractivity contribution in [3.8, 4) is 0 Å². The number of nitrogens with zero attached hydrogens (tertiary/aromatic N) is 2. The van der Waals surface area contributed by atoms with E-state index in [1.54, 1.807) is 11.8 Å². The third-order valence-corrected chi connectivity index (χ3v) is 3.83. The van der Waals surface area contributed by atoms with E-state index >= 15 is 0 Å². The first-order chi connectivity index (χ1) is 8.04. The van der Waals surface area contributed by atoms with E-state index < -0.39 is 0 Å². The van der Waals surface area contributed by atoms with E-state index in [1.807, 2.05) is 0 Å². The average Bonchev–Trinajstić information content (AvgIpc) is 2.26. The van der Waals surface area contributed by atoms with Crippen LogP contribution in [0.25, 0.3) is 0 Å². The molecule has 0 fully saturated rings. The van der Waals surface area contributed by atoms with E-state index in [1.165, 1.54) is 5.56 Å². The van der Waals surface area contributed by atoms with Crippen LogP contribution in [-0.2, 0) is 0 Å². The molecule has 0 saturated heterocycles. The van der Waals surface area contributed by atoms with Crippen LogP contribution in [0, 0.1) is 20.8 Å². The lowest BCUT2D eigenvalue weighted by molar-refractivity contribution is 0.556. The number of aryl methyl sites for hydroxylation is 2. The molecular formula is C13H23N3S. The molecule has 1 heterocycles. The molecule has 3 nitrogen and oxygen atoms in total. The van der Waals surface area contributed by atoms with Gasteiger partial charge in [-0.1, -0.05) is 18.7 Å². The minimum absolute atomic E-state index is 0.570. The Morgan fingerprint density at radius 2 is 1.76 bits per heavy atom. The van der Waals surface area contributed by atoms with E-state index in [4.69, 9.17) is 0 Å². The second-order valence-corrected chi connectivity index (χ2v) is 5.46. The number of thioether (sulfide) groups is 1. The van der Waals surface area contributed by atoms with Gasteiger partial charge in [0.2, 0.25) is 0 Å². The maximum absolute atomic E-state index is 4.51. The summed E-state index contributed by atoms with van der Waals surface area (Å²) in [6.45, 7) is 11.6. The second-order valence-electron chi connectivity index (χ2n) is 4.40. The number of hydrogen-bond donors (Lipinski definition) is 1. The SMILES string of the molecule is CCNC(C)CCSc1nc(C)c(C)c(C)n1. The molecule has 0 amide bonds. The normalized spacial score (nSPS) is 12.8. The molecule has 1 rings (SSSR count). The largest absolute Gasteiger partial charge is 0.315 e. The molecular weight excluding hydrogens is 230 g/mol. The van der Waals surface area contributed by atoms with Gasteiger partial charge in [0.05, 0.1) is 0 Å². The van der Waals surface area contributed by atoms with E-state index in [2.05, 4.69) is 49.9 Å². The summed E-state index contributed by atoms with van der Waals surface area (Å²) in [6.07, 6.45) is 1.15. The highest BCUT2D eigenvalue weighted by Crippen LogP contribution is 2.18. The number of rotatable bonds is 6. The molecule has 1 N–H and O–H groups in total. The molecule has 1 aromatic heterocycles. The second kappa shape index (κ2) is 6.97. The fraction of sp³-hybridized carbons (Fsp3) is 0.692. The topological polar surface area (TPSA) is 37.8 Å². The van der Waals surface area contributed by atoms with Gasteiger partial charge in [-0.15, -0.1) is 0 Å². The van der Waals surface area contributed by atoms with Crippen molar-refractivity contribution >= 4 is 11.8 Å². The van der Waals surface area contributed by atoms with Crippen molar-refractivity contribution in [2.75, 3.05) is 12.3 Å². The number of nitrogens with one attached hydrogen (secondary N) is 1. The first-order valence-electron chi connectivity index (χ1n) is 6.22. The fourth-order valence-electron chi connectivity index (χ4n) is 1.58. The van der Waals surface area contributed by atoms with Crippen LogP contribution < -0.4 is 5.32 Å². The molecule has 17 heavy (non-hydrogen) atoms. The summed E-state index contributed by atoms with van der Waals surface area (Å²) in [6, 6.07) is 0.570. The van der Waals surface area contributed by atoms with E-state index in [0.29, 0.717) is 6.04 Å². The van der Waals surface area contributed by atoms with Crippen LogP contribution in [0.5, 0.6) is 0 Å². The maximum atomic E-state index is 4.51. The molecule has 1 aromatic rings. The number of hydrogen-bond acceptors (Lipinski definition) is 4. The minimum atomic E-state index is 0.570. The summed E-state index contributed by atoms with van der Waals surface area (Å²) in [5.41, 5.74) is 3.40. The van der Waals surface area contributed by atoms with Gasteiger partial charge >= 0.3 is 0 Å². The highest BCUT2D eigenvalue weighted by Gasteiger charge is 2.06. The van der Waals surface area contributed by atoms with Crippen molar-refractivity contribution in [3.63, 3.8) is 0 Å². The Kier molecular flexibility index (Phi) is 5.92. The first-order valence-corrected chi connectivity index (χ1v) is 7.21. The van der Waals surface area contributed by atoms with Crippen LogP contribution in [0.15, 0.2) is 5.16 Å². The molecule has 0 aliphatic heterocycles. The van der Waals surface area contributed by atoms with Crippen LogP contribution >= 0.6 is 11.8 Å². The summed E-state index contributed by atoms with van der Waals surface area (Å²) < 4.78 is 0. The van der Waals surface area contributed by atoms with Gasteiger partial charge in [0, 0.05) is 23.2 Å². The van der Waals surface area contributed by atoms with Gasteiger partial charge in [-0.05, 0) is 46.2 Å². The molecule has 0 bridgehead atoms. The van der Waals surface area contributed by atoms with E-state index in [9.17, 15) is 0 Å². The lowest BCUT2D eigenvalue weighted by Crippen LogP contribution is -2.25. The van der Waals surface area contributed by atoms with Crippen molar-refractivity contribution in [2.24, 2.45) is 0 Å². The first kappa shape index (κ1) is 14.5. The van der Waals surface area contributed by atoms with Crippen LogP contribution in [-0.4, -0.2) is 28.3 Å². The van der Waals surface area contributed by atoms with Crippen molar-refractivity contribution in [1.82, 2.24) is 15.3 Å². The molecule has 0 aromatic carbocycles. The van der Waals surface area contributed by atoms with Crippen molar-refractivity contribution in [1.29, 1.82) is 0 Å². The Morgan fingerprint density at radius 3 is 2.29 bits per heavy atom. The Hall–Kier alpha value is -0.610. The Bertz CT molecular complexity index is 343. The van der Waals surface area contributed by atoms with Crippen molar-refractivity contribution in [2.45, 2.75) is 52.2 Å². The molecule has 0 spiro atoms. The molecule has 4 heteroatoms. The predicted molar refractivity (Wildman–Crippen MR) is 74.7 cm³/mol. The lowest BCUT2D eigenvalue weighted by Gasteiger charge is -2.11. The molecule has 96 valence electrons. The summed E-state index contributed by atoms with van der Waals surface area (Å²) in [5, 5.41) is 4.32. The summed E-state index contributed by atoms with van der Waals surface area (Å²) in [4.78, 5) is 9.02. The Balaban J connectivity index is 2.47. The van der Waals surface area contributed by atoms with Gasteiger partial charge in [0.1, 0.15) is 0 Å². The molecule has 1 unspecified atom stereocenters. The van der Waals surface area contributed by atoms with Gasteiger partial charge in [-0.25, -0.2) is 9.97 Å². The highest BCUT2D eigenvalue weighted by molar-refractivity contribution is 7.99. The monoisotopic (exact) mass is 253 g/mol. The minimum Gasteiger partial charge on any atom is -0.315 e. The van der Waals surface area contributed by atoms with Crippen molar-refractivity contribution in [3.05, 3.63) is 17.0 Å². The zero-order valence-electron chi connectivity index (χ0n) is 11.5. The third-order valence-electron chi connectivity index (χ3n) is 2.95. The molecule has 0 aliphatic carbocycles. The van der Waals surface area contributed by atoms with Crippen LogP contribution in [0.4, 0.5) is 0 Å². The quantitative estimate of drug-likeness (QED) is 0.625. The highest BCUT2D eigenvalue weighted by atomic mass is 32.2. The fourth-order valence-corrected chi connectivity index (χ4v) is 2.64. The van der Waals surface area contributed by atoms with Gasteiger partial charge in [0.15, 0.2) is 5.16 Å². The molecule has 0 radical (unpaired) electrons. The standard InChI is InChI=1S/C13H23N3S/c1-6-14-9(2)7-8-17-13-15-11(4)10(3)12(5)16-13/h9,14H,6-8H2,1-5H3. The van der Waals surface area contributed by atoms with Crippen molar-refractivity contribution < 1.29 is 0 Å². The zero-order valence-corrected chi connectivity index (χ0v) is 12.3. The van der Waals surface area contributed by atoms with Crippen LogP contribution in [0.2, 0.25) is 0 Å². The average molecular weight is 253 g/mol. The van der Waals surface area contributed by atoms with Gasteiger partial charge in [-0.2, -0.15) is 0 Å². The van der Waals surface area contributed by atoms with Gasteiger partial charge in [-0.3, -0.25) is 0 Å². The summed E-state index contributed by atoms with van der Waals surface area (Å²) >= 11 is 1.75. The Morgan fingerprint density at radius 1 is 1.18 bits per heavy atom. The zero-order chi connectivity index (χ0) is 12.8. The molecule has 0 aliphatic rings. The van der Waals surface area contributed by atoms with E-state index in [0.717, 1.165) is 35.3 Å². The molecule has 1 atom stereocenters. The molecule has 0 saturated carbocycles. The lowest BCUT2D eigenvalue weighted by atomic mass is 10.2. The van der Waals surface area contributed by atoms with Crippen LogP contribution in [0.1, 0.15) is 37.2 Å². The smallest absolute Gasteiger partial charge is 0.187 e. The summed E-state index contributed by atoms with van der Waals surface area (Å²) in [5.74, 6) is 1.07. The van der Waals surface area contributed by atoms with Gasteiger partial charge in [0.25, 0.3) is 0 Å². The maximum Gasteiger partial charge on any atom is 0.187 e. The predicted octanol–water partition coefficient (Wildman–Crippen LogP) is 2.88. The third kappa shape index (κ3) is 4.64. The van der Waals surface area contributed by atoms with Crippen LogP contribution in [0.3, 0.4) is 0 Å². The van der Waals surface area contributed by atoms with E-state index in [-0.39, 0.29) is 0 Å². The van der Waals surface area contributed by atoms with Gasteiger partial charge < -0.3 is 5.32 Å². The Labute approximate surface area is 109 Å². The summed E-state index contributed by atoms with van der Waals surface area (Å²) in [7, 11) is 0.